The van der Waals surface area contributed by atoms with Gasteiger partial charge in [-0.05, 0) is 109 Å². The second kappa shape index (κ2) is 12.5. The van der Waals surface area contributed by atoms with E-state index < -0.39 is 0 Å². The number of hydrogen-bond donors (Lipinski definition) is 0. The molecule has 2 heteroatoms. The monoisotopic (exact) mass is 672 g/mol. The minimum atomic E-state index is 0.632. The molecule has 10 rings (SSSR count). The summed E-state index contributed by atoms with van der Waals surface area (Å²) in [5.74, 6) is 0. The molecule has 0 N–H and O–H groups in total. The number of fused-ring (bicyclic) bond motifs is 5. The Bertz CT molecular complexity index is 2940. The first-order chi connectivity index (χ1) is 26.3. The van der Waals surface area contributed by atoms with Gasteiger partial charge in [-0.3, -0.25) is 0 Å². The lowest BCUT2D eigenvalue weighted by Crippen LogP contribution is -1.94. The highest BCUT2D eigenvalue weighted by atomic mass is 15.0. The molecule has 246 valence electrons. The summed E-state index contributed by atoms with van der Waals surface area (Å²) < 4.78 is 2.33. The molecular weight excluding hydrogens is 641 g/mol. The molecular formula is C51H32N2. The third kappa shape index (κ3) is 5.02. The summed E-state index contributed by atoms with van der Waals surface area (Å²) in [6.07, 6.45) is 0. The third-order valence-electron chi connectivity index (χ3n) is 10.6. The molecule has 0 radical (unpaired) electrons. The van der Waals surface area contributed by atoms with Crippen molar-refractivity contribution >= 4 is 43.4 Å². The van der Waals surface area contributed by atoms with Crippen LogP contribution >= 0.6 is 0 Å². The number of aromatic nitrogens is 1. The highest BCUT2D eigenvalue weighted by molar-refractivity contribution is 6.22. The van der Waals surface area contributed by atoms with Gasteiger partial charge < -0.3 is 4.57 Å². The molecule has 2 nitrogen and oxygen atoms in total. The zero-order chi connectivity index (χ0) is 35.3. The zero-order valence-corrected chi connectivity index (χ0v) is 28.9. The minimum absolute atomic E-state index is 0.632. The number of hydrogen-bond acceptors (Lipinski definition) is 1. The maximum Gasteiger partial charge on any atom is 0.0992 e. The van der Waals surface area contributed by atoms with Gasteiger partial charge in [0.1, 0.15) is 0 Å². The average Bonchev–Trinajstić information content (AvgIpc) is 3.57. The van der Waals surface area contributed by atoms with Crippen molar-refractivity contribution in [3.8, 4) is 56.3 Å². The van der Waals surface area contributed by atoms with Crippen LogP contribution in [0, 0.1) is 11.3 Å². The Kier molecular flexibility index (Phi) is 7.23. The van der Waals surface area contributed by atoms with E-state index >= 15 is 0 Å². The van der Waals surface area contributed by atoms with E-state index in [0.717, 1.165) is 33.5 Å². The molecule has 0 bridgehead atoms. The molecule has 0 aliphatic heterocycles. The van der Waals surface area contributed by atoms with Crippen LogP contribution in [0.25, 0.3) is 93.5 Å². The van der Waals surface area contributed by atoms with E-state index in [9.17, 15) is 5.26 Å². The van der Waals surface area contributed by atoms with Crippen molar-refractivity contribution in [2.24, 2.45) is 0 Å². The van der Waals surface area contributed by atoms with Crippen molar-refractivity contribution in [1.82, 2.24) is 4.57 Å². The molecule has 0 amide bonds. The molecule has 53 heavy (non-hydrogen) atoms. The molecule has 0 aliphatic carbocycles. The number of para-hydroxylation sites is 2. The first-order valence-electron chi connectivity index (χ1n) is 18.0. The van der Waals surface area contributed by atoms with Crippen LogP contribution in [0.15, 0.2) is 194 Å². The lowest BCUT2D eigenvalue weighted by atomic mass is 9.83. The van der Waals surface area contributed by atoms with Crippen LogP contribution in [-0.2, 0) is 0 Å². The van der Waals surface area contributed by atoms with Crippen LogP contribution in [0.3, 0.4) is 0 Å². The highest BCUT2D eigenvalue weighted by Crippen LogP contribution is 2.46. The smallest absolute Gasteiger partial charge is 0.0992 e. The van der Waals surface area contributed by atoms with E-state index in [1.54, 1.807) is 0 Å². The largest absolute Gasteiger partial charge is 0.309 e. The van der Waals surface area contributed by atoms with Crippen LogP contribution in [0.4, 0.5) is 0 Å². The van der Waals surface area contributed by atoms with Gasteiger partial charge in [-0.25, -0.2) is 0 Å². The van der Waals surface area contributed by atoms with Crippen LogP contribution < -0.4 is 0 Å². The Hall–Kier alpha value is -7.21. The predicted molar refractivity (Wildman–Crippen MR) is 222 cm³/mol. The van der Waals surface area contributed by atoms with Gasteiger partial charge in [-0.15, -0.1) is 0 Å². The first-order valence-corrected chi connectivity index (χ1v) is 18.0. The molecule has 0 fully saturated rings. The second-order valence-corrected chi connectivity index (χ2v) is 13.6. The predicted octanol–water partition coefficient (Wildman–Crippen LogP) is 13.6. The summed E-state index contributed by atoms with van der Waals surface area (Å²) in [5, 5.41) is 17.6. The summed E-state index contributed by atoms with van der Waals surface area (Å²) in [4.78, 5) is 0. The maximum atomic E-state index is 10.3. The zero-order valence-electron chi connectivity index (χ0n) is 28.9. The van der Waals surface area contributed by atoms with Crippen molar-refractivity contribution in [3.63, 3.8) is 0 Å². The van der Waals surface area contributed by atoms with Crippen molar-refractivity contribution in [2.45, 2.75) is 0 Å². The van der Waals surface area contributed by atoms with Gasteiger partial charge in [0.05, 0.1) is 22.7 Å². The molecule has 9 aromatic carbocycles. The van der Waals surface area contributed by atoms with Gasteiger partial charge in [-0.2, -0.15) is 5.26 Å². The Labute approximate surface area is 308 Å². The Morgan fingerprint density at radius 2 is 0.811 bits per heavy atom. The molecule has 1 aromatic heterocycles. The average molecular weight is 673 g/mol. The molecule has 10 aromatic rings. The summed E-state index contributed by atoms with van der Waals surface area (Å²) in [6.45, 7) is 0. The first kappa shape index (κ1) is 30.6. The van der Waals surface area contributed by atoms with E-state index in [4.69, 9.17) is 0 Å². The summed E-state index contributed by atoms with van der Waals surface area (Å²) in [7, 11) is 0. The fourth-order valence-corrected chi connectivity index (χ4v) is 8.31. The molecule has 0 saturated carbocycles. The summed E-state index contributed by atoms with van der Waals surface area (Å²) >= 11 is 0. The SMILES string of the molecule is N#Cc1cc(-c2ccc(-n3c4ccccc4c4ccccc43)cc2)cc(-c2ccccc2-c2c3ccccc3c(-c3ccccc3)c3ccccc23)c1. The number of benzene rings is 9. The van der Waals surface area contributed by atoms with Crippen LogP contribution in [0.1, 0.15) is 5.56 Å². The van der Waals surface area contributed by atoms with E-state index in [1.165, 1.54) is 60.0 Å². The molecule has 1 heterocycles. The number of nitrogens with zero attached hydrogens (tertiary/aromatic N) is 2. The summed E-state index contributed by atoms with van der Waals surface area (Å²) in [5.41, 5.74) is 13.1. The fraction of sp³-hybridized carbons (Fsp3) is 0. The molecule has 0 unspecified atom stereocenters. The molecule has 0 spiro atoms. The lowest BCUT2D eigenvalue weighted by Gasteiger charge is -2.20. The lowest BCUT2D eigenvalue weighted by molar-refractivity contribution is 1.18. The normalized spacial score (nSPS) is 11.4. The van der Waals surface area contributed by atoms with Gasteiger partial charge in [-0.1, -0.05) is 152 Å². The Morgan fingerprint density at radius 3 is 1.40 bits per heavy atom. The fourth-order valence-electron chi connectivity index (χ4n) is 8.31. The Morgan fingerprint density at radius 1 is 0.340 bits per heavy atom. The van der Waals surface area contributed by atoms with Crippen molar-refractivity contribution in [3.05, 3.63) is 200 Å². The van der Waals surface area contributed by atoms with Crippen molar-refractivity contribution in [2.75, 3.05) is 0 Å². The maximum absolute atomic E-state index is 10.3. The van der Waals surface area contributed by atoms with Gasteiger partial charge in [0, 0.05) is 16.5 Å². The third-order valence-corrected chi connectivity index (χ3v) is 10.6. The molecule has 0 saturated heterocycles. The topological polar surface area (TPSA) is 28.7 Å². The van der Waals surface area contributed by atoms with Gasteiger partial charge in [0.15, 0.2) is 0 Å². The van der Waals surface area contributed by atoms with E-state index in [1.807, 2.05) is 12.1 Å². The van der Waals surface area contributed by atoms with Crippen molar-refractivity contribution in [1.29, 1.82) is 5.26 Å². The van der Waals surface area contributed by atoms with Crippen LogP contribution in [-0.4, -0.2) is 4.57 Å². The highest BCUT2D eigenvalue weighted by Gasteiger charge is 2.19. The van der Waals surface area contributed by atoms with Gasteiger partial charge in [0.2, 0.25) is 0 Å². The molecule has 0 atom stereocenters. The van der Waals surface area contributed by atoms with E-state index in [2.05, 4.69) is 193 Å². The number of rotatable bonds is 5. The minimum Gasteiger partial charge on any atom is -0.309 e. The van der Waals surface area contributed by atoms with E-state index in [0.29, 0.717) is 5.56 Å². The van der Waals surface area contributed by atoms with E-state index in [-0.39, 0.29) is 0 Å². The van der Waals surface area contributed by atoms with Gasteiger partial charge >= 0.3 is 0 Å². The quantitative estimate of drug-likeness (QED) is 0.167. The van der Waals surface area contributed by atoms with Crippen LogP contribution in [0.5, 0.6) is 0 Å². The second-order valence-electron chi connectivity index (χ2n) is 13.6. The van der Waals surface area contributed by atoms with Gasteiger partial charge in [0.25, 0.3) is 0 Å². The standard InChI is InChI=1S/C51H32N2/c52-33-34-30-37(35-26-28-39(29-27-35)53-48-24-12-10-17-41(48)42-18-11-13-25-49(42)53)32-38(31-34)40-16-4-5-19-43(40)51-46-22-8-6-20-44(46)50(36-14-2-1-3-15-36)45-21-7-9-23-47(45)51/h1-32H. The molecule has 0 aliphatic rings. The Balaban J connectivity index is 1.14. The van der Waals surface area contributed by atoms with Crippen molar-refractivity contribution < 1.29 is 0 Å². The van der Waals surface area contributed by atoms with Crippen LogP contribution in [0.2, 0.25) is 0 Å². The summed E-state index contributed by atoms with van der Waals surface area (Å²) in [6, 6.07) is 71.5. The number of nitriles is 1.